The van der Waals surface area contributed by atoms with E-state index in [0.717, 1.165) is 42.0 Å². The third kappa shape index (κ3) is 3.04. The summed E-state index contributed by atoms with van der Waals surface area (Å²) in [7, 11) is 3.48. The number of methoxy groups -OCH3 is 2. The highest BCUT2D eigenvalue weighted by Gasteiger charge is 2.18. The summed E-state index contributed by atoms with van der Waals surface area (Å²) in [6.07, 6.45) is 7.66. The minimum absolute atomic E-state index is 0.956. The van der Waals surface area contributed by atoms with Crippen LogP contribution in [-0.4, -0.2) is 23.8 Å². The quantitative estimate of drug-likeness (QED) is 0.816. The van der Waals surface area contributed by atoms with Crippen molar-refractivity contribution in [2.24, 2.45) is 0 Å². The molecule has 0 radical (unpaired) electrons. The molecule has 0 N–H and O–H groups in total. The Morgan fingerprint density at radius 1 is 1.00 bits per heavy atom. The van der Waals surface area contributed by atoms with Crippen LogP contribution in [0.3, 0.4) is 0 Å². The minimum atomic E-state index is 0.956. The van der Waals surface area contributed by atoms with Crippen molar-refractivity contribution < 1.29 is 9.47 Å². The Labute approximate surface area is 126 Å². The van der Waals surface area contributed by atoms with Crippen LogP contribution in [0.25, 0.3) is 0 Å². The zero-order chi connectivity index (χ0) is 15.4. The van der Waals surface area contributed by atoms with Crippen molar-refractivity contribution in [3.05, 3.63) is 41.0 Å². The molecule has 0 spiro atoms. The predicted octanol–water partition coefficient (Wildman–Crippen LogP) is 3.46. The number of aryl methyl sites for hydroxylation is 1. The highest BCUT2D eigenvalue weighted by molar-refractivity contribution is 5.58. The van der Waals surface area contributed by atoms with Crippen molar-refractivity contribution in [1.29, 1.82) is 0 Å². The lowest BCUT2D eigenvalue weighted by Crippen LogP contribution is -2.05. The van der Waals surface area contributed by atoms with E-state index in [1.54, 1.807) is 14.2 Å². The van der Waals surface area contributed by atoms with Gasteiger partial charge in [-0.1, -0.05) is 0 Å². The Hall–Kier alpha value is -1.97. The van der Waals surface area contributed by atoms with E-state index in [0.29, 0.717) is 0 Å². The van der Waals surface area contributed by atoms with Gasteiger partial charge >= 0.3 is 0 Å². The van der Waals surface area contributed by atoms with Crippen LogP contribution in [-0.2, 0) is 13.0 Å². The van der Waals surface area contributed by atoms with Crippen molar-refractivity contribution in [3.63, 3.8) is 0 Å². The second-order valence-corrected chi connectivity index (χ2v) is 5.32. The van der Waals surface area contributed by atoms with Gasteiger partial charge in [0.25, 0.3) is 0 Å². The Morgan fingerprint density at radius 3 is 2.24 bits per heavy atom. The lowest BCUT2D eigenvalue weighted by molar-refractivity contribution is 0.389. The fraction of sp³-hybridized carbons (Fsp3) is 0.471. The molecule has 0 aliphatic carbocycles. The van der Waals surface area contributed by atoms with Gasteiger partial charge < -0.3 is 14.0 Å². The molecule has 21 heavy (non-hydrogen) atoms. The van der Waals surface area contributed by atoms with Gasteiger partial charge in [-0.15, -0.1) is 0 Å². The predicted molar refractivity (Wildman–Crippen MR) is 84.3 cm³/mol. The normalized spacial score (nSPS) is 10.7. The number of hydrogen-bond donors (Lipinski definition) is 0. The molecule has 0 amide bonds. The Bertz CT molecular complexity index is 604. The van der Waals surface area contributed by atoms with Gasteiger partial charge in [0.1, 0.15) is 11.5 Å². The molecule has 1 aromatic carbocycles. The van der Waals surface area contributed by atoms with E-state index in [4.69, 9.17) is 9.47 Å². The first kappa shape index (κ1) is 15.4. The molecule has 0 bridgehead atoms. The zero-order valence-corrected chi connectivity index (χ0v) is 13.6. The van der Waals surface area contributed by atoms with Crippen LogP contribution < -0.4 is 9.47 Å². The third-order valence-electron chi connectivity index (χ3n) is 4.12. The molecule has 0 aliphatic heterocycles. The minimum Gasteiger partial charge on any atom is -0.496 e. The van der Waals surface area contributed by atoms with Crippen LogP contribution >= 0.6 is 0 Å². The summed E-state index contributed by atoms with van der Waals surface area (Å²) >= 11 is 0. The van der Waals surface area contributed by atoms with E-state index >= 15 is 0 Å². The summed E-state index contributed by atoms with van der Waals surface area (Å²) in [4.78, 5) is 4.07. The lowest BCUT2D eigenvalue weighted by atomic mass is 9.94. The summed E-state index contributed by atoms with van der Waals surface area (Å²) in [6.45, 7) is 7.24. The van der Waals surface area contributed by atoms with Gasteiger partial charge in [0.2, 0.25) is 0 Å². The molecular formula is C17H24N2O2. The molecule has 0 saturated heterocycles. The largest absolute Gasteiger partial charge is 0.496 e. The second kappa shape index (κ2) is 6.66. The lowest BCUT2D eigenvalue weighted by Gasteiger charge is -2.20. The fourth-order valence-corrected chi connectivity index (χ4v) is 2.90. The molecule has 4 nitrogen and oxygen atoms in total. The van der Waals surface area contributed by atoms with Crippen LogP contribution in [0.2, 0.25) is 0 Å². The highest BCUT2D eigenvalue weighted by atomic mass is 16.5. The van der Waals surface area contributed by atoms with Crippen molar-refractivity contribution in [3.8, 4) is 11.5 Å². The fourth-order valence-electron chi connectivity index (χ4n) is 2.90. The first-order valence-electron chi connectivity index (χ1n) is 7.26. The van der Waals surface area contributed by atoms with Crippen LogP contribution in [0.5, 0.6) is 11.5 Å². The van der Waals surface area contributed by atoms with Crippen molar-refractivity contribution in [2.75, 3.05) is 14.2 Å². The van der Waals surface area contributed by atoms with Gasteiger partial charge in [0, 0.05) is 24.5 Å². The maximum absolute atomic E-state index is 5.65. The summed E-state index contributed by atoms with van der Waals surface area (Å²) in [5.41, 5.74) is 4.75. The average molecular weight is 288 g/mol. The van der Waals surface area contributed by atoms with Gasteiger partial charge in [0.15, 0.2) is 0 Å². The topological polar surface area (TPSA) is 36.3 Å². The number of rotatable bonds is 6. The van der Waals surface area contributed by atoms with Crippen LogP contribution in [0.1, 0.15) is 28.7 Å². The SMILES string of the molecule is COc1c(C)c(C)c(OC)c(CCCn2ccnc2)c1C. The molecule has 0 unspecified atom stereocenters. The number of nitrogens with zero attached hydrogens (tertiary/aromatic N) is 2. The average Bonchev–Trinajstić information content (AvgIpc) is 2.98. The van der Waals surface area contributed by atoms with Gasteiger partial charge in [-0.05, 0) is 50.3 Å². The monoisotopic (exact) mass is 288 g/mol. The van der Waals surface area contributed by atoms with Gasteiger partial charge in [-0.2, -0.15) is 0 Å². The number of aromatic nitrogens is 2. The van der Waals surface area contributed by atoms with Gasteiger partial charge in [-0.25, -0.2) is 4.98 Å². The maximum Gasteiger partial charge on any atom is 0.125 e. The van der Waals surface area contributed by atoms with Crippen molar-refractivity contribution in [1.82, 2.24) is 9.55 Å². The summed E-state index contributed by atoms with van der Waals surface area (Å²) < 4.78 is 13.3. The highest BCUT2D eigenvalue weighted by Crippen LogP contribution is 2.38. The molecule has 1 aromatic heterocycles. The van der Waals surface area contributed by atoms with E-state index in [2.05, 4.69) is 30.3 Å². The second-order valence-electron chi connectivity index (χ2n) is 5.32. The Morgan fingerprint density at radius 2 is 1.67 bits per heavy atom. The van der Waals surface area contributed by atoms with E-state index in [-0.39, 0.29) is 0 Å². The van der Waals surface area contributed by atoms with Crippen molar-refractivity contribution >= 4 is 0 Å². The summed E-state index contributed by atoms with van der Waals surface area (Å²) in [5.74, 6) is 1.97. The number of hydrogen-bond acceptors (Lipinski definition) is 3. The standard InChI is InChI=1S/C17H24N2O2/c1-12-13(2)17(21-5)15(14(3)16(12)20-4)7-6-9-19-10-8-18-11-19/h8,10-11H,6-7,9H2,1-5H3. The zero-order valence-electron chi connectivity index (χ0n) is 13.6. The molecule has 114 valence electrons. The van der Waals surface area contributed by atoms with Crippen LogP contribution in [0, 0.1) is 20.8 Å². The molecular weight excluding hydrogens is 264 g/mol. The molecule has 0 aliphatic rings. The molecule has 4 heteroatoms. The third-order valence-corrected chi connectivity index (χ3v) is 4.12. The van der Waals surface area contributed by atoms with E-state index < -0.39 is 0 Å². The number of benzene rings is 1. The molecule has 2 rings (SSSR count). The number of ether oxygens (including phenoxy) is 2. The first-order chi connectivity index (χ1) is 10.1. The maximum atomic E-state index is 5.65. The smallest absolute Gasteiger partial charge is 0.125 e. The van der Waals surface area contributed by atoms with E-state index in [1.165, 1.54) is 11.1 Å². The van der Waals surface area contributed by atoms with Crippen LogP contribution in [0.15, 0.2) is 18.7 Å². The molecule has 0 atom stereocenters. The van der Waals surface area contributed by atoms with Gasteiger partial charge in [0.05, 0.1) is 20.5 Å². The molecule has 1 heterocycles. The number of imidazole rings is 1. The molecule has 2 aromatic rings. The Balaban J connectivity index is 2.26. The van der Waals surface area contributed by atoms with Crippen LogP contribution in [0.4, 0.5) is 0 Å². The molecule has 0 saturated carbocycles. The van der Waals surface area contributed by atoms with E-state index in [1.807, 2.05) is 18.7 Å². The molecule has 0 fully saturated rings. The van der Waals surface area contributed by atoms with E-state index in [9.17, 15) is 0 Å². The summed E-state index contributed by atoms with van der Waals surface area (Å²) in [6, 6.07) is 0. The first-order valence-corrected chi connectivity index (χ1v) is 7.26. The summed E-state index contributed by atoms with van der Waals surface area (Å²) in [5, 5.41) is 0. The van der Waals surface area contributed by atoms with Gasteiger partial charge in [-0.3, -0.25) is 0 Å². The van der Waals surface area contributed by atoms with Crippen molar-refractivity contribution in [2.45, 2.75) is 40.2 Å². The Kier molecular flexibility index (Phi) is 4.89.